The molecule has 0 saturated heterocycles. The lowest BCUT2D eigenvalue weighted by Gasteiger charge is -2.17. The number of ether oxygens (including phenoxy) is 1. The average molecular weight is 352 g/mol. The topological polar surface area (TPSA) is 98.5 Å². The minimum atomic E-state index is -0.824. The van der Waals surface area contributed by atoms with Crippen LogP contribution in [0.1, 0.15) is 32.6 Å². The van der Waals surface area contributed by atoms with E-state index >= 15 is 0 Å². The Hall–Kier alpha value is -2.09. The zero-order valence-electron chi connectivity index (χ0n) is 13.4. The van der Waals surface area contributed by atoms with Crippen molar-refractivity contribution >= 4 is 29.3 Å². The van der Waals surface area contributed by atoms with E-state index in [0.717, 1.165) is 30.6 Å². The minimum absolute atomic E-state index is 0.000803. The van der Waals surface area contributed by atoms with Crippen LogP contribution in [-0.4, -0.2) is 34.7 Å². The number of nitrogens with zero attached hydrogens (tertiary/aromatic N) is 1. The fourth-order valence-electron chi connectivity index (χ4n) is 2.48. The van der Waals surface area contributed by atoms with Crippen LogP contribution in [0, 0.1) is 10.1 Å². The van der Waals surface area contributed by atoms with Crippen LogP contribution in [0.4, 0.5) is 5.69 Å². The van der Waals surface area contributed by atoms with Crippen LogP contribution in [0.2, 0.25) is 0 Å². The van der Waals surface area contributed by atoms with Gasteiger partial charge >= 0.3 is 5.97 Å². The van der Waals surface area contributed by atoms with Gasteiger partial charge in [0, 0.05) is 23.1 Å². The molecule has 1 aliphatic carbocycles. The number of carbonyl (C=O) groups excluding carboxylic acids is 2. The quantitative estimate of drug-likeness (QED) is 0.351. The first-order chi connectivity index (χ1) is 11.5. The molecule has 8 heteroatoms. The predicted octanol–water partition coefficient (Wildman–Crippen LogP) is 2.68. The van der Waals surface area contributed by atoms with E-state index in [2.05, 4.69) is 5.32 Å². The van der Waals surface area contributed by atoms with Gasteiger partial charge in [0.1, 0.15) is 0 Å². The molecular formula is C16H20N2O5S. The molecule has 130 valence electrons. The van der Waals surface area contributed by atoms with Gasteiger partial charge in [0.2, 0.25) is 0 Å². The van der Waals surface area contributed by atoms with Crippen molar-refractivity contribution in [2.75, 3.05) is 5.75 Å². The van der Waals surface area contributed by atoms with Crippen molar-refractivity contribution in [3.63, 3.8) is 0 Å². The van der Waals surface area contributed by atoms with E-state index in [9.17, 15) is 19.7 Å². The average Bonchev–Trinajstić information content (AvgIpc) is 3.06. The number of non-ortho nitro benzene ring substituents is 1. The molecule has 0 bridgehead atoms. The number of rotatable bonds is 7. The number of thioether (sulfide) groups is 1. The molecule has 1 aromatic carbocycles. The third-order valence-electron chi connectivity index (χ3n) is 3.78. The van der Waals surface area contributed by atoms with Crippen molar-refractivity contribution in [1.29, 1.82) is 0 Å². The van der Waals surface area contributed by atoms with Gasteiger partial charge in [0.15, 0.2) is 6.10 Å². The molecule has 1 saturated carbocycles. The highest BCUT2D eigenvalue weighted by Crippen LogP contribution is 2.21. The van der Waals surface area contributed by atoms with Gasteiger partial charge in [-0.1, -0.05) is 12.8 Å². The Morgan fingerprint density at radius 2 is 1.96 bits per heavy atom. The van der Waals surface area contributed by atoms with Gasteiger partial charge in [-0.15, -0.1) is 11.8 Å². The molecule has 7 nitrogen and oxygen atoms in total. The summed E-state index contributed by atoms with van der Waals surface area (Å²) in [6, 6.07) is 6.10. The second kappa shape index (κ2) is 8.68. The van der Waals surface area contributed by atoms with Crippen LogP contribution in [0.15, 0.2) is 29.2 Å². The first-order valence-electron chi connectivity index (χ1n) is 7.83. The number of amides is 1. The van der Waals surface area contributed by atoms with Crippen molar-refractivity contribution in [3.05, 3.63) is 34.4 Å². The minimum Gasteiger partial charge on any atom is -0.452 e. The number of hydrogen-bond donors (Lipinski definition) is 1. The molecule has 24 heavy (non-hydrogen) atoms. The number of benzene rings is 1. The summed E-state index contributed by atoms with van der Waals surface area (Å²) in [7, 11) is 0. The lowest BCUT2D eigenvalue weighted by atomic mass is 10.2. The number of nitrogens with one attached hydrogen (secondary N) is 1. The molecule has 0 aromatic heterocycles. The maximum Gasteiger partial charge on any atom is 0.317 e. The summed E-state index contributed by atoms with van der Waals surface area (Å²) in [6.45, 7) is 1.55. The molecule has 1 aromatic rings. The number of carbonyl (C=O) groups is 2. The summed E-state index contributed by atoms with van der Waals surface area (Å²) in [6.07, 6.45) is 3.36. The van der Waals surface area contributed by atoms with E-state index in [0.29, 0.717) is 0 Å². The Morgan fingerprint density at radius 1 is 1.33 bits per heavy atom. The smallest absolute Gasteiger partial charge is 0.317 e. The molecule has 1 amide bonds. The molecule has 2 rings (SSSR count). The highest BCUT2D eigenvalue weighted by Gasteiger charge is 2.23. The molecule has 1 atom stereocenters. The maximum atomic E-state index is 12.0. The highest BCUT2D eigenvalue weighted by atomic mass is 32.2. The van der Waals surface area contributed by atoms with E-state index in [1.54, 1.807) is 19.1 Å². The van der Waals surface area contributed by atoms with Gasteiger partial charge in [-0.05, 0) is 31.9 Å². The number of hydrogen-bond acceptors (Lipinski definition) is 6. The summed E-state index contributed by atoms with van der Waals surface area (Å²) in [5.41, 5.74) is -0.000803. The summed E-state index contributed by atoms with van der Waals surface area (Å²) < 4.78 is 5.13. The number of esters is 1. The van der Waals surface area contributed by atoms with Gasteiger partial charge in [0.05, 0.1) is 10.7 Å². The summed E-state index contributed by atoms with van der Waals surface area (Å²) >= 11 is 1.21. The first-order valence-corrected chi connectivity index (χ1v) is 8.81. The first kappa shape index (κ1) is 18.3. The lowest BCUT2D eigenvalue weighted by molar-refractivity contribution is -0.384. The standard InChI is InChI=1S/C16H20N2O5S/c1-11(16(20)17-12-4-2-3-5-12)23-15(19)10-24-14-8-6-13(7-9-14)18(21)22/h6-9,11-12H,2-5,10H2,1H3,(H,17,20)/t11-/m1/s1. The molecule has 1 fully saturated rings. The molecule has 1 N–H and O–H groups in total. The monoisotopic (exact) mass is 352 g/mol. The van der Waals surface area contributed by atoms with Gasteiger partial charge in [-0.2, -0.15) is 0 Å². The van der Waals surface area contributed by atoms with Gasteiger partial charge in [-0.3, -0.25) is 19.7 Å². The van der Waals surface area contributed by atoms with E-state index in [-0.39, 0.29) is 23.4 Å². The summed E-state index contributed by atoms with van der Waals surface area (Å²) in [5.74, 6) is -0.721. The second-order valence-electron chi connectivity index (χ2n) is 5.66. The van der Waals surface area contributed by atoms with E-state index in [1.165, 1.54) is 23.9 Å². The van der Waals surface area contributed by atoms with Crippen LogP contribution in [0.25, 0.3) is 0 Å². The fraction of sp³-hybridized carbons (Fsp3) is 0.500. The van der Waals surface area contributed by atoms with Crippen LogP contribution in [0.3, 0.4) is 0 Å². The predicted molar refractivity (Wildman–Crippen MR) is 89.8 cm³/mol. The molecule has 0 radical (unpaired) electrons. The summed E-state index contributed by atoms with van der Waals surface area (Å²) in [5, 5.41) is 13.5. The number of nitro benzene ring substituents is 1. The Morgan fingerprint density at radius 3 is 2.54 bits per heavy atom. The van der Waals surface area contributed by atoms with Crippen LogP contribution in [0.5, 0.6) is 0 Å². The Labute approximate surface area is 144 Å². The molecule has 0 spiro atoms. The van der Waals surface area contributed by atoms with E-state index in [1.807, 2.05) is 0 Å². The van der Waals surface area contributed by atoms with Crippen molar-refractivity contribution in [2.45, 2.75) is 49.6 Å². The van der Waals surface area contributed by atoms with Crippen molar-refractivity contribution in [3.8, 4) is 0 Å². The van der Waals surface area contributed by atoms with Gasteiger partial charge in [0.25, 0.3) is 11.6 Å². The lowest BCUT2D eigenvalue weighted by Crippen LogP contribution is -2.41. The van der Waals surface area contributed by atoms with Gasteiger partial charge in [-0.25, -0.2) is 0 Å². The molecule has 1 aliphatic rings. The van der Waals surface area contributed by atoms with E-state index < -0.39 is 17.0 Å². The third-order valence-corrected chi connectivity index (χ3v) is 4.77. The highest BCUT2D eigenvalue weighted by molar-refractivity contribution is 8.00. The van der Waals surface area contributed by atoms with Crippen LogP contribution >= 0.6 is 11.8 Å². The Balaban J connectivity index is 1.73. The fourth-order valence-corrected chi connectivity index (χ4v) is 3.16. The molecular weight excluding hydrogens is 332 g/mol. The zero-order chi connectivity index (χ0) is 17.5. The van der Waals surface area contributed by atoms with Crippen molar-refractivity contribution < 1.29 is 19.2 Å². The van der Waals surface area contributed by atoms with Crippen molar-refractivity contribution in [2.24, 2.45) is 0 Å². The van der Waals surface area contributed by atoms with E-state index in [4.69, 9.17) is 4.74 Å². The zero-order valence-corrected chi connectivity index (χ0v) is 14.2. The molecule has 0 unspecified atom stereocenters. The Kier molecular flexibility index (Phi) is 6.60. The maximum absolute atomic E-state index is 12.0. The van der Waals surface area contributed by atoms with Gasteiger partial charge < -0.3 is 10.1 Å². The molecule has 0 heterocycles. The SMILES string of the molecule is C[C@@H](OC(=O)CSc1ccc([N+](=O)[O-])cc1)C(=O)NC1CCCC1. The summed E-state index contributed by atoms with van der Waals surface area (Å²) in [4.78, 5) is 34.6. The second-order valence-corrected chi connectivity index (χ2v) is 6.71. The normalized spacial score (nSPS) is 15.7. The largest absolute Gasteiger partial charge is 0.452 e. The van der Waals surface area contributed by atoms with Crippen molar-refractivity contribution in [1.82, 2.24) is 5.32 Å². The van der Waals surface area contributed by atoms with Crippen LogP contribution in [-0.2, 0) is 14.3 Å². The third kappa shape index (κ3) is 5.52. The number of nitro groups is 1. The van der Waals surface area contributed by atoms with Crippen LogP contribution < -0.4 is 5.32 Å². The Bertz CT molecular complexity index is 599. The molecule has 0 aliphatic heterocycles.